The van der Waals surface area contributed by atoms with Gasteiger partial charge in [0.15, 0.2) is 11.5 Å². The minimum atomic E-state index is -0.165. The molecule has 3 rings (SSSR count). The van der Waals surface area contributed by atoms with Crippen molar-refractivity contribution in [2.24, 2.45) is 0 Å². The Morgan fingerprint density at radius 2 is 2.21 bits per heavy atom. The van der Waals surface area contributed by atoms with Crippen molar-refractivity contribution in [3.05, 3.63) is 30.0 Å². The molecular formula is C13H13N3O3. The Labute approximate surface area is 109 Å². The maximum Gasteiger partial charge on any atom is 0.269 e. The lowest BCUT2D eigenvalue weighted by Crippen LogP contribution is -2.22. The van der Waals surface area contributed by atoms with Gasteiger partial charge in [-0.1, -0.05) is 0 Å². The molecule has 19 heavy (non-hydrogen) atoms. The van der Waals surface area contributed by atoms with E-state index in [0.29, 0.717) is 23.7 Å². The van der Waals surface area contributed by atoms with Crippen LogP contribution < -0.4 is 14.8 Å². The number of hydrogen-bond donors (Lipinski definition) is 2. The van der Waals surface area contributed by atoms with Crippen LogP contribution >= 0.6 is 0 Å². The number of hydrogen-bond acceptors (Lipinski definition) is 4. The van der Waals surface area contributed by atoms with Crippen LogP contribution in [0.4, 0.5) is 0 Å². The molecule has 2 heterocycles. The topological polar surface area (TPSA) is 76.2 Å². The van der Waals surface area contributed by atoms with Crippen molar-refractivity contribution < 1.29 is 14.3 Å². The van der Waals surface area contributed by atoms with Crippen molar-refractivity contribution in [1.29, 1.82) is 0 Å². The summed E-state index contributed by atoms with van der Waals surface area (Å²) in [5, 5.41) is 9.57. The summed E-state index contributed by atoms with van der Waals surface area (Å²) in [6.07, 6.45) is 0. The molecule has 0 radical (unpaired) electrons. The number of rotatable bonds is 3. The third-order valence-electron chi connectivity index (χ3n) is 2.83. The molecule has 1 aromatic carbocycles. The molecule has 1 aliphatic rings. The molecule has 0 fully saturated rings. The van der Waals surface area contributed by atoms with E-state index in [2.05, 4.69) is 15.5 Å². The van der Waals surface area contributed by atoms with Crippen molar-refractivity contribution in [2.45, 2.75) is 6.92 Å². The Kier molecular flexibility index (Phi) is 2.83. The van der Waals surface area contributed by atoms with Gasteiger partial charge < -0.3 is 14.8 Å². The van der Waals surface area contributed by atoms with Crippen molar-refractivity contribution in [3.63, 3.8) is 0 Å². The summed E-state index contributed by atoms with van der Waals surface area (Å²) in [6.45, 7) is 2.69. The minimum Gasteiger partial charge on any atom is -0.454 e. The van der Waals surface area contributed by atoms with E-state index >= 15 is 0 Å². The lowest BCUT2D eigenvalue weighted by Gasteiger charge is -1.99. The number of carbonyl (C=O) groups excluding carboxylic acids is 1. The number of H-pyrrole nitrogens is 1. The summed E-state index contributed by atoms with van der Waals surface area (Å²) in [5.74, 6) is 1.25. The second-order valence-electron chi connectivity index (χ2n) is 4.09. The highest BCUT2D eigenvalue weighted by Gasteiger charge is 2.16. The van der Waals surface area contributed by atoms with Gasteiger partial charge in [0.25, 0.3) is 5.91 Å². The van der Waals surface area contributed by atoms with E-state index in [1.54, 1.807) is 6.07 Å². The molecule has 0 saturated heterocycles. The summed E-state index contributed by atoms with van der Waals surface area (Å²) in [7, 11) is 0. The highest BCUT2D eigenvalue weighted by molar-refractivity contribution is 5.93. The van der Waals surface area contributed by atoms with E-state index in [0.717, 1.165) is 11.3 Å². The van der Waals surface area contributed by atoms with E-state index in [1.807, 2.05) is 25.1 Å². The van der Waals surface area contributed by atoms with Crippen molar-refractivity contribution in [3.8, 4) is 22.8 Å². The molecule has 6 nitrogen and oxygen atoms in total. The van der Waals surface area contributed by atoms with Crippen molar-refractivity contribution in [1.82, 2.24) is 15.5 Å². The molecule has 6 heteroatoms. The van der Waals surface area contributed by atoms with Crippen LogP contribution in [0.1, 0.15) is 17.4 Å². The van der Waals surface area contributed by atoms with Gasteiger partial charge >= 0.3 is 0 Å². The first-order valence-electron chi connectivity index (χ1n) is 6.01. The number of benzene rings is 1. The number of ether oxygens (including phenoxy) is 2. The molecule has 0 unspecified atom stereocenters. The lowest BCUT2D eigenvalue weighted by molar-refractivity contribution is 0.0951. The summed E-state index contributed by atoms with van der Waals surface area (Å²) in [6, 6.07) is 7.27. The molecule has 0 aliphatic carbocycles. The smallest absolute Gasteiger partial charge is 0.269 e. The fourth-order valence-corrected chi connectivity index (χ4v) is 1.90. The normalized spacial score (nSPS) is 12.5. The second kappa shape index (κ2) is 4.64. The molecule has 1 aromatic heterocycles. The molecule has 2 N–H and O–H groups in total. The first-order chi connectivity index (χ1) is 9.28. The second-order valence-corrected chi connectivity index (χ2v) is 4.09. The van der Waals surface area contributed by atoms with E-state index in [4.69, 9.17) is 9.47 Å². The Hall–Kier alpha value is -2.50. The first kappa shape index (κ1) is 11.6. The molecule has 1 amide bonds. The molecule has 98 valence electrons. The molecule has 2 aromatic rings. The fraction of sp³-hybridized carbons (Fsp3) is 0.231. The molecular weight excluding hydrogens is 246 g/mol. The fourth-order valence-electron chi connectivity index (χ4n) is 1.90. The Bertz CT molecular complexity index is 621. The maximum atomic E-state index is 11.6. The van der Waals surface area contributed by atoms with Crippen molar-refractivity contribution in [2.75, 3.05) is 13.3 Å². The molecule has 1 aliphatic heterocycles. The predicted octanol–water partition coefficient (Wildman–Crippen LogP) is 1.56. The number of fused-ring (bicyclic) bond motifs is 1. The molecule has 0 bridgehead atoms. The largest absolute Gasteiger partial charge is 0.454 e. The zero-order chi connectivity index (χ0) is 13.2. The van der Waals surface area contributed by atoms with Gasteiger partial charge in [-0.2, -0.15) is 5.10 Å². The standard InChI is InChI=1S/C13H13N3O3/c1-2-14-13(17)10-6-9(15-16-10)8-3-4-11-12(5-8)19-7-18-11/h3-6H,2,7H2,1H3,(H,14,17)(H,15,16). The quantitative estimate of drug-likeness (QED) is 0.877. The molecule has 0 spiro atoms. The minimum absolute atomic E-state index is 0.165. The summed E-state index contributed by atoms with van der Waals surface area (Å²) >= 11 is 0. The number of aromatic nitrogens is 2. The predicted molar refractivity (Wildman–Crippen MR) is 68.2 cm³/mol. The number of amides is 1. The van der Waals surface area contributed by atoms with Crippen LogP contribution in [-0.2, 0) is 0 Å². The zero-order valence-corrected chi connectivity index (χ0v) is 10.4. The summed E-state index contributed by atoms with van der Waals surface area (Å²) < 4.78 is 10.6. The highest BCUT2D eigenvalue weighted by atomic mass is 16.7. The van der Waals surface area contributed by atoms with Gasteiger partial charge in [-0.05, 0) is 31.2 Å². The summed E-state index contributed by atoms with van der Waals surface area (Å²) in [5.41, 5.74) is 2.00. The lowest BCUT2D eigenvalue weighted by atomic mass is 10.1. The van der Waals surface area contributed by atoms with Crippen LogP contribution in [0, 0.1) is 0 Å². The van der Waals surface area contributed by atoms with Crippen molar-refractivity contribution >= 4 is 5.91 Å². The van der Waals surface area contributed by atoms with Crippen LogP contribution in [-0.4, -0.2) is 29.4 Å². The molecule has 0 atom stereocenters. The highest BCUT2D eigenvalue weighted by Crippen LogP contribution is 2.35. The first-order valence-corrected chi connectivity index (χ1v) is 6.01. The van der Waals surface area contributed by atoms with E-state index in [1.165, 1.54) is 0 Å². The van der Waals surface area contributed by atoms with E-state index in [9.17, 15) is 4.79 Å². The van der Waals surface area contributed by atoms with Crippen LogP contribution in [0.2, 0.25) is 0 Å². The monoisotopic (exact) mass is 259 g/mol. The van der Waals surface area contributed by atoms with Crippen LogP contribution in [0.5, 0.6) is 11.5 Å². The SMILES string of the molecule is CCNC(=O)c1cc(-c2ccc3c(c2)OCO3)n[nH]1. The average molecular weight is 259 g/mol. The van der Waals surface area contributed by atoms with Gasteiger partial charge in [0.2, 0.25) is 6.79 Å². The third-order valence-corrected chi connectivity index (χ3v) is 2.83. The number of nitrogens with zero attached hydrogens (tertiary/aromatic N) is 1. The van der Waals surface area contributed by atoms with Gasteiger partial charge in [0.05, 0.1) is 5.69 Å². The maximum absolute atomic E-state index is 11.6. The Morgan fingerprint density at radius 1 is 1.37 bits per heavy atom. The molecule has 0 saturated carbocycles. The van der Waals surface area contributed by atoms with Gasteiger partial charge in [-0.15, -0.1) is 0 Å². The number of carbonyl (C=O) groups is 1. The van der Waals surface area contributed by atoms with Gasteiger partial charge in [0.1, 0.15) is 5.69 Å². The van der Waals surface area contributed by atoms with Crippen LogP contribution in [0.15, 0.2) is 24.3 Å². The summed E-state index contributed by atoms with van der Waals surface area (Å²) in [4.78, 5) is 11.6. The van der Waals surface area contributed by atoms with Crippen LogP contribution in [0.3, 0.4) is 0 Å². The Morgan fingerprint density at radius 3 is 3.05 bits per heavy atom. The average Bonchev–Trinajstić information content (AvgIpc) is 3.07. The Balaban J connectivity index is 1.88. The van der Waals surface area contributed by atoms with Gasteiger partial charge in [-0.25, -0.2) is 0 Å². The van der Waals surface area contributed by atoms with Gasteiger partial charge in [0, 0.05) is 12.1 Å². The van der Waals surface area contributed by atoms with E-state index < -0.39 is 0 Å². The zero-order valence-electron chi connectivity index (χ0n) is 10.4. The third kappa shape index (κ3) is 2.12. The van der Waals surface area contributed by atoms with Gasteiger partial charge in [-0.3, -0.25) is 9.89 Å². The number of nitrogens with one attached hydrogen (secondary N) is 2. The van der Waals surface area contributed by atoms with E-state index in [-0.39, 0.29) is 12.7 Å². The number of aromatic amines is 1. The van der Waals surface area contributed by atoms with Crippen LogP contribution in [0.25, 0.3) is 11.3 Å².